The number of amides is 1. The van der Waals surface area contributed by atoms with Crippen molar-refractivity contribution in [2.45, 2.75) is 6.54 Å². The zero-order chi connectivity index (χ0) is 25.6. The van der Waals surface area contributed by atoms with Crippen molar-refractivity contribution in [1.29, 1.82) is 0 Å². The molecule has 0 unspecified atom stereocenters. The van der Waals surface area contributed by atoms with Gasteiger partial charge in [-0.1, -0.05) is 46.9 Å². The molecule has 0 saturated heterocycles. The molecular weight excluding hydrogens is 528 g/mol. The summed E-state index contributed by atoms with van der Waals surface area (Å²) < 4.78 is 21.8. The molecule has 6 nitrogen and oxygen atoms in total. The lowest BCUT2D eigenvalue weighted by Gasteiger charge is -2.11. The van der Waals surface area contributed by atoms with Crippen LogP contribution in [-0.2, 0) is 6.54 Å². The molecule has 182 valence electrons. The van der Waals surface area contributed by atoms with Crippen molar-refractivity contribution in [3.8, 4) is 5.75 Å². The Morgan fingerprint density at radius 3 is 2.39 bits per heavy atom. The molecule has 0 radical (unpaired) electrons. The third-order valence-electron chi connectivity index (χ3n) is 5.79. The number of carbonyl (C=O) groups excluding carboxylic acids is 1. The number of hydrogen-bond acceptors (Lipinski definition) is 3. The van der Waals surface area contributed by atoms with Crippen LogP contribution in [0.1, 0.15) is 15.9 Å². The number of halogens is 4. The number of nitrogens with zero attached hydrogens (tertiary/aromatic N) is 3. The number of aromatic nitrogens is 2. The van der Waals surface area contributed by atoms with Crippen LogP contribution in [0.5, 0.6) is 5.75 Å². The number of hydrogen-bond donors (Lipinski definition) is 1. The van der Waals surface area contributed by atoms with Crippen LogP contribution in [0.4, 0.5) is 4.39 Å². The lowest BCUT2D eigenvalue weighted by atomic mass is 10.1. The van der Waals surface area contributed by atoms with Gasteiger partial charge in [-0.3, -0.25) is 4.79 Å². The summed E-state index contributed by atoms with van der Waals surface area (Å²) in [7, 11) is 1.54. The van der Waals surface area contributed by atoms with Crippen LogP contribution >= 0.6 is 34.8 Å². The van der Waals surface area contributed by atoms with Crippen molar-refractivity contribution in [2.24, 2.45) is 4.99 Å². The highest BCUT2D eigenvalue weighted by Gasteiger charge is 2.22. The van der Waals surface area contributed by atoms with Crippen LogP contribution in [-0.4, -0.2) is 27.5 Å². The smallest absolute Gasteiger partial charge is 0.278 e. The van der Waals surface area contributed by atoms with Crippen LogP contribution in [0.3, 0.4) is 0 Å². The average molecular weight is 545 g/mol. The maximum absolute atomic E-state index is 13.5. The Labute approximate surface area is 219 Å². The summed E-state index contributed by atoms with van der Waals surface area (Å²) in [6, 6.07) is 14.9. The second kappa shape index (κ2) is 9.50. The average Bonchev–Trinajstić information content (AvgIpc) is 3.15. The van der Waals surface area contributed by atoms with E-state index in [-0.39, 0.29) is 26.8 Å². The minimum atomic E-state index is -0.594. The lowest BCUT2D eigenvalue weighted by Crippen LogP contribution is -2.12. The molecule has 0 fully saturated rings. The molecule has 2 heterocycles. The van der Waals surface area contributed by atoms with Crippen molar-refractivity contribution in [2.75, 3.05) is 7.11 Å². The summed E-state index contributed by atoms with van der Waals surface area (Å²) in [5.74, 6) is -0.388. The Kier molecular flexibility index (Phi) is 6.38. The van der Waals surface area contributed by atoms with E-state index in [4.69, 9.17) is 39.5 Å². The summed E-state index contributed by atoms with van der Waals surface area (Å²) in [6.07, 6.45) is 2.36. The number of benzene rings is 3. The van der Waals surface area contributed by atoms with Crippen molar-refractivity contribution in [3.63, 3.8) is 0 Å². The van der Waals surface area contributed by atoms with Gasteiger partial charge in [0.15, 0.2) is 0 Å². The molecule has 3 aromatic carbocycles. The zero-order valence-corrected chi connectivity index (χ0v) is 20.9. The zero-order valence-electron chi connectivity index (χ0n) is 18.7. The molecule has 0 spiro atoms. The predicted octanol–water partition coefficient (Wildman–Crippen LogP) is 6.73. The molecule has 1 amide bonds. The highest BCUT2D eigenvalue weighted by Crippen LogP contribution is 2.39. The highest BCUT2D eigenvalue weighted by atomic mass is 35.5. The SMILES string of the molecule is COc1ccc(C(=O)N=c2c(Cl)cn(O)cc2Cl)c2c3cc(Cl)ccc3n(Cc3ccc(F)cc3)c12. The summed E-state index contributed by atoms with van der Waals surface area (Å²) in [4.78, 5) is 17.6. The number of rotatable bonds is 4. The fourth-order valence-corrected chi connectivity index (χ4v) is 4.94. The van der Waals surface area contributed by atoms with Crippen molar-refractivity contribution >= 4 is 62.5 Å². The Hall–Kier alpha value is -3.52. The molecule has 2 aromatic heterocycles. The number of methoxy groups -OCH3 is 1. The van der Waals surface area contributed by atoms with E-state index in [1.54, 1.807) is 43.5 Å². The summed E-state index contributed by atoms with van der Waals surface area (Å²) >= 11 is 18.7. The molecule has 0 aliphatic heterocycles. The highest BCUT2D eigenvalue weighted by molar-refractivity contribution is 6.34. The van der Waals surface area contributed by atoms with Gasteiger partial charge >= 0.3 is 0 Å². The molecular formula is C26H17Cl3FN3O3. The maximum Gasteiger partial charge on any atom is 0.278 e. The second-order valence-corrected chi connectivity index (χ2v) is 9.26. The van der Waals surface area contributed by atoms with Gasteiger partial charge in [0.25, 0.3) is 5.91 Å². The normalized spacial score (nSPS) is 11.2. The molecule has 0 atom stereocenters. The first kappa shape index (κ1) is 24.2. The second-order valence-electron chi connectivity index (χ2n) is 8.01. The van der Waals surface area contributed by atoms with Gasteiger partial charge in [0.2, 0.25) is 0 Å². The summed E-state index contributed by atoms with van der Waals surface area (Å²) in [5.41, 5.74) is 2.59. The maximum atomic E-state index is 13.5. The molecule has 0 aliphatic rings. The van der Waals surface area contributed by atoms with Gasteiger partial charge in [0, 0.05) is 27.9 Å². The fourth-order valence-electron chi connectivity index (χ4n) is 4.23. The Morgan fingerprint density at radius 1 is 1.03 bits per heavy atom. The van der Waals surface area contributed by atoms with Crippen molar-refractivity contribution < 1.29 is 19.1 Å². The monoisotopic (exact) mass is 543 g/mol. The largest absolute Gasteiger partial charge is 0.495 e. The molecule has 0 bridgehead atoms. The van der Waals surface area contributed by atoms with Gasteiger partial charge in [-0.05, 0) is 48.0 Å². The van der Waals surface area contributed by atoms with Gasteiger partial charge in [-0.2, -0.15) is 4.73 Å². The standard InChI is InChI=1S/C26H17Cl3FN3O3/c1-36-22-9-7-17(26(34)31-24-19(28)12-32(35)13-20(24)29)23-18-10-15(27)4-8-21(18)33(25(22)23)11-14-2-5-16(30)6-3-14/h2-10,12-13,35H,11H2,1H3. The van der Waals surface area contributed by atoms with Crippen LogP contribution < -0.4 is 10.1 Å². The molecule has 10 heteroatoms. The molecule has 0 saturated carbocycles. The number of carbonyl (C=O) groups is 1. The minimum Gasteiger partial charge on any atom is -0.495 e. The van der Waals surface area contributed by atoms with Crippen molar-refractivity contribution in [1.82, 2.24) is 9.30 Å². The van der Waals surface area contributed by atoms with Crippen molar-refractivity contribution in [3.05, 3.63) is 104 Å². The molecule has 5 rings (SSSR count). The number of fused-ring (bicyclic) bond motifs is 3. The Bertz CT molecular complexity index is 1700. The number of ether oxygens (including phenoxy) is 1. The van der Waals surface area contributed by atoms with E-state index in [2.05, 4.69) is 4.99 Å². The Morgan fingerprint density at radius 2 is 1.72 bits per heavy atom. The lowest BCUT2D eigenvalue weighted by molar-refractivity contribution is 0.0999. The van der Waals surface area contributed by atoms with Gasteiger partial charge < -0.3 is 14.5 Å². The third-order valence-corrected chi connectivity index (χ3v) is 6.58. The predicted molar refractivity (Wildman–Crippen MR) is 138 cm³/mol. The van der Waals surface area contributed by atoms with Crippen LogP contribution in [0.15, 0.2) is 72.0 Å². The summed E-state index contributed by atoms with van der Waals surface area (Å²) in [5, 5.41) is 11.5. The first-order valence-electron chi connectivity index (χ1n) is 10.7. The first-order valence-corrected chi connectivity index (χ1v) is 11.8. The fraction of sp³-hybridized carbons (Fsp3) is 0.0769. The van der Waals surface area contributed by atoms with Gasteiger partial charge in [0.05, 0.1) is 40.6 Å². The topological polar surface area (TPSA) is 68.8 Å². The van der Waals surface area contributed by atoms with E-state index in [0.29, 0.717) is 33.0 Å². The molecule has 36 heavy (non-hydrogen) atoms. The van der Waals surface area contributed by atoms with E-state index in [9.17, 15) is 14.4 Å². The minimum absolute atomic E-state index is 0.00453. The first-order chi connectivity index (χ1) is 17.3. The van der Waals surface area contributed by atoms with Crippen LogP contribution in [0.25, 0.3) is 21.8 Å². The Balaban J connectivity index is 1.81. The van der Waals surface area contributed by atoms with E-state index in [1.165, 1.54) is 24.5 Å². The molecule has 0 aliphatic carbocycles. The third kappa shape index (κ3) is 4.30. The van der Waals surface area contributed by atoms with Gasteiger partial charge in [0.1, 0.15) is 16.9 Å². The summed E-state index contributed by atoms with van der Waals surface area (Å²) in [6.45, 7) is 0.389. The molecule has 5 aromatic rings. The quantitative estimate of drug-likeness (QED) is 0.255. The van der Waals surface area contributed by atoms with Crippen LogP contribution in [0.2, 0.25) is 15.1 Å². The van der Waals surface area contributed by atoms with Gasteiger partial charge in [-0.15, -0.1) is 0 Å². The van der Waals surface area contributed by atoms with E-state index >= 15 is 0 Å². The van der Waals surface area contributed by atoms with E-state index in [1.807, 2.05) is 10.6 Å². The van der Waals surface area contributed by atoms with Gasteiger partial charge in [-0.25, -0.2) is 9.38 Å². The molecule has 1 N–H and O–H groups in total. The van der Waals surface area contributed by atoms with E-state index < -0.39 is 5.91 Å². The van der Waals surface area contributed by atoms with Crippen LogP contribution in [0, 0.1) is 5.82 Å². The number of pyridine rings is 1. The van der Waals surface area contributed by atoms with E-state index in [0.717, 1.165) is 16.5 Å².